The number of halogens is 2. The number of hydrogen-bond acceptors (Lipinski definition) is 3. The Hall–Kier alpha value is -2.89. The summed E-state index contributed by atoms with van der Waals surface area (Å²) < 4.78 is 21.1. The lowest BCUT2D eigenvalue weighted by molar-refractivity contribution is 0.175. The Kier molecular flexibility index (Phi) is 6.84. The van der Waals surface area contributed by atoms with Gasteiger partial charge in [-0.2, -0.15) is 0 Å². The molecule has 1 aliphatic rings. The van der Waals surface area contributed by atoms with Gasteiger partial charge in [0.2, 0.25) is 0 Å². The first-order chi connectivity index (χ1) is 16.6. The molecule has 1 aromatic heterocycles. The molecule has 5 rings (SSSR count). The first kappa shape index (κ1) is 22.9. The van der Waals surface area contributed by atoms with Gasteiger partial charge in [0, 0.05) is 25.6 Å². The summed E-state index contributed by atoms with van der Waals surface area (Å²) in [6.07, 6.45) is 3.21. The Labute approximate surface area is 204 Å². The molecule has 6 heteroatoms. The lowest BCUT2D eigenvalue weighted by Gasteiger charge is -2.32. The third-order valence-corrected chi connectivity index (χ3v) is 7.08. The van der Waals surface area contributed by atoms with Crippen LogP contribution >= 0.6 is 11.6 Å². The third-order valence-electron chi connectivity index (χ3n) is 6.78. The highest BCUT2D eigenvalue weighted by atomic mass is 35.5. The van der Waals surface area contributed by atoms with E-state index in [-0.39, 0.29) is 5.82 Å². The number of benzene rings is 3. The number of piperidine rings is 1. The van der Waals surface area contributed by atoms with Crippen molar-refractivity contribution in [2.75, 3.05) is 20.2 Å². The first-order valence-electron chi connectivity index (χ1n) is 11.8. The molecule has 1 fully saturated rings. The molecule has 4 nitrogen and oxygen atoms in total. The highest BCUT2D eigenvalue weighted by molar-refractivity contribution is 6.32. The molecular weight excluding hydrogens is 449 g/mol. The summed E-state index contributed by atoms with van der Waals surface area (Å²) in [6, 6.07) is 21.2. The van der Waals surface area contributed by atoms with E-state index in [2.05, 4.69) is 39.8 Å². The van der Waals surface area contributed by atoms with Crippen molar-refractivity contribution in [3.05, 3.63) is 94.5 Å². The molecule has 4 aromatic rings. The van der Waals surface area contributed by atoms with E-state index in [9.17, 15) is 4.39 Å². The van der Waals surface area contributed by atoms with E-state index in [0.717, 1.165) is 61.3 Å². The van der Waals surface area contributed by atoms with Crippen LogP contribution in [0.1, 0.15) is 29.8 Å². The molecule has 0 bridgehead atoms. The standard InChI is InChI=1S/C28H29ClFN3O/c1-34-27-17-25-26(16-24(27)29)33(19-22-7-9-23(30)10-8-22)28(31-25)15-20-11-13-32(14-12-20)18-21-5-3-2-4-6-21/h2-10,16-17,20H,11-15,18-19H2,1H3. The number of fused-ring (bicyclic) bond motifs is 1. The molecule has 2 heterocycles. The normalized spacial score (nSPS) is 15.1. The van der Waals surface area contributed by atoms with Crippen LogP contribution in [0.4, 0.5) is 4.39 Å². The number of nitrogens with zero attached hydrogens (tertiary/aromatic N) is 3. The molecule has 0 saturated carbocycles. The molecule has 3 aromatic carbocycles. The second-order valence-electron chi connectivity index (χ2n) is 9.13. The molecule has 0 amide bonds. The number of hydrogen-bond donors (Lipinski definition) is 0. The van der Waals surface area contributed by atoms with Crippen molar-refractivity contribution in [2.24, 2.45) is 5.92 Å². The molecule has 1 saturated heterocycles. The van der Waals surface area contributed by atoms with Crippen LogP contribution in [-0.2, 0) is 19.5 Å². The van der Waals surface area contributed by atoms with Crippen molar-refractivity contribution in [1.82, 2.24) is 14.5 Å². The Balaban J connectivity index is 1.36. The number of imidazole rings is 1. The average Bonchev–Trinajstić information content (AvgIpc) is 3.17. The third kappa shape index (κ3) is 5.11. The fourth-order valence-corrected chi connectivity index (χ4v) is 5.12. The average molecular weight is 478 g/mol. The topological polar surface area (TPSA) is 30.3 Å². The highest BCUT2D eigenvalue weighted by Crippen LogP contribution is 2.32. The second kappa shape index (κ2) is 10.2. The molecule has 0 atom stereocenters. The van der Waals surface area contributed by atoms with E-state index >= 15 is 0 Å². The fraction of sp³-hybridized carbons (Fsp3) is 0.321. The molecule has 0 N–H and O–H groups in total. The van der Waals surface area contributed by atoms with Gasteiger partial charge < -0.3 is 9.30 Å². The van der Waals surface area contributed by atoms with E-state index in [0.29, 0.717) is 23.2 Å². The quantitative estimate of drug-likeness (QED) is 0.311. The zero-order chi connectivity index (χ0) is 23.5. The summed E-state index contributed by atoms with van der Waals surface area (Å²) in [7, 11) is 1.62. The van der Waals surface area contributed by atoms with E-state index in [1.807, 2.05) is 24.3 Å². The summed E-state index contributed by atoms with van der Waals surface area (Å²) >= 11 is 6.46. The van der Waals surface area contributed by atoms with Crippen molar-refractivity contribution in [3.8, 4) is 5.75 Å². The van der Waals surface area contributed by atoms with Gasteiger partial charge in [-0.05, 0) is 61.2 Å². The predicted molar refractivity (Wildman–Crippen MR) is 135 cm³/mol. The minimum absolute atomic E-state index is 0.227. The minimum Gasteiger partial charge on any atom is -0.495 e. The molecule has 0 aliphatic carbocycles. The van der Waals surface area contributed by atoms with Crippen molar-refractivity contribution in [1.29, 1.82) is 0 Å². The summed E-state index contributed by atoms with van der Waals surface area (Å²) in [5.41, 5.74) is 4.26. The predicted octanol–water partition coefficient (Wildman–Crippen LogP) is 6.34. The molecule has 176 valence electrons. The largest absolute Gasteiger partial charge is 0.495 e. The zero-order valence-electron chi connectivity index (χ0n) is 19.4. The Bertz CT molecular complexity index is 1250. The van der Waals surface area contributed by atoms with Crippen LogP contribution in [0.2, 0.25) is 5.02 Å². The molecule has 34 heavy (non-hydrogen) atoms. The summed E-state index contributed by atoms with van der Waals surface area (Å²) in [6.45, 7) is 3.82. The number of methoxy groups -OCH3 is 1. The number of likely N-dealkylation sites (tertiary alicyclic amines) is 1. The smallest absolute Gasteiger partial charge is 0.139 e. The maximum Gasteiger partial charge on any atom is 0.139 e. The lowest BCUT2D eigenvalue weighted by Crippen LogP contribution is -2.34. The van der Waals surface area contributed by atoms with Gasteiger partial charge in [0.25, 0.3) is 0 Å². The minimum atomic E-state index is -0.227. The van der Waals surface area contributed by atoms with Crippen LogP contribution in [0, 0.1) is 11.7 Å². The highest BCUT2D eigenvalue weighted by Gasteiger charge is 2.23. The van der Waals surface area contributed by atoms with Gasteiger partial charge in [0.1, 0.15) is 17.4 Å². The van der Waals surface area contributed by atoms with Crippen LogP contribution in [0.25, 0.3) is 11.0 Å². The van der Waals surface area contributed by atoms with Crippen LogP contribution in [0.3, 0.4) is 0 Å². The fourth-order valence-electron chi connectivity index (χ4n) is 4.89. The number of aromatic nitrogens is 2. The lowest BCUT2D eigenvalue weighted by atomic mass is 9.93. The van der Waals surface area contributed by atoms with Gasteiger partial charge in [-0.1, -0.05) is 54.1 Å². The van der Waals surface area contributed by atoms with Gasteiger partial charge in [-0.3, -0.25) is 4.90 Å². The van der Waals surface area contributed by atoms with Crippen LogP contribution in [0.5, 0.6) is 5.75 Å². The monoisotopic (exact) mass is 477 g/mol. The Morgan fingerprint density at radius 1 is 0.971 bits per heavy atom. The maximum absolute atomic E-state index is 13.5. The van der Waals surface area contributed by atoms with Gasteiger partial charge in [-0.15, -0.1) is 0 Å². The Morgan fingerprint density at radius 2 is 1.68 bits per heavy atom. The van der Waals surface area contributed by atoms with Gasteiger partial charge in [0.15, 0.2) is 0 Å². The number of rotatable bonds is 7. The SMILES string of the molecule is COc1cc2nc(CC3CCN(Cc4ccccc4)CC3)n(Cc3ccc(F)cc3)c2cc1Cl. The summed E-state index contributed by atoms with van der Waals surface area (Å²) in [5, 5.41) is 0.566. The second-order valence-corrected chi connectivity index (χ2v) is 9.53. The summed E-state index contributed by atoms with van der Waals surface area (Å²) in [4.78, 5) is 7.53. The maximum atomic E-state index is 13.5. The molecule has 1 aliphatic heterocycles. The van der Waals surface area contributed by atoms with E-state index < -0.39 is 0 Å². The van der Waals surface area contributed by atoms with E-state index in [4.69, 9.17) is 21.3 Å². The van der Waals surface area contributed by atoms with Crippen molar-refractivity contribution in [2.45, 2.75) is 32.4 Å². The van der Waals surface area contributed by atoms with Gasteiger partial charge in [-0.25, -0.2) is 9.37 Å². The van der Waals surface area contributed by atoms with Crippen LogP contribution in [-0.4, -0.2) is 34.7 Å². The zero-order valence-corrected chi connectivity index (χ0v) is 20.1. The summed E-state index contributed by atoms with van der Waals surface area (Å²) in [5.74, 6) is 2.02. The van der Waals surface area contributed by atoms with Crippen molar-refractivity contribution < 1.29 is 9.13 Å². The molecular formula is C28H29ClFN3O. The first-order valence-corrected chi connectivity index (χ1v) is 12.2. The van der Waals surface area contributed by atoms with Crippen molar-refractivity contribution >= 4 is 22.6 Å². The Morgan fingerprint density at radius 3 is 2.38 bits per heavy atom. The van der Waals surface area contributed by atoms with Crippen molar-refractivity contribution in [3.63, 3.8) is 0 Å². The molecule has 0 spiro atoms. The molecule has 0 radical (unpaired) electrons. The molecule has 0 unspecified atom stereocenters. The van der Waals surface area contributed by atoms with Crippen LogP contribution in [0.15, 0.2) is 66.7 Å². The van der Waals surface area contributed by atoms with Gasteiger partial charge in [0.05, 0.1) is 23.2 Å². The van der Waals surface area contributed by atoms with Gasteiger partial charge >= 0.3 is 0 Å². The van der Waals surface area contributed by atoms with Crippen LogP contribution < -0.4 is 4.74 Å². The van der Waals surface area contributed by atoms with E-state index in [1.54, 1.807) is 7.11 Å². The van der Waals surface area contributed by atoms with E-state index in [1.165, 1.54) is 17.7 Å². The number of ether oxygens (including phenoxy) is 1.